The fourth-order valence-electron chi connectivity index (χ4n) is 0.553. The molecule has 0 bridgehead atoms. The molecule has 0 aromatic carbocycles. The zero-order chi connectivity index (χ0) is 8.24. The quantitative estimate of drug-likeness (QED) is 0.477. The molecule has 0 aromatic heterocycles. The Morgan fingerprint density at radius 3 is 1.62 bits per heavy atom. The summed E-state index contributed by atoms with van der Waals surface area (Å²) in [5, 5.41) is 0. The van der Waals surface area contributed by atoms with E-state index in [2.05, 4.69) is 20.3 Å². The number of hydrogen-bond donors (Lipinski definition) is 0. The van der Waals surface area contributed by atoms with Gasteiger partial charge in [0.15, 0.2) is 0 Å². The molecule has 0 aliphatic heterocycles. The minimum absolute atomic E-state index is 0. The van der Waals surface area contributed by atoms with Crippen LogP contribution < -0.4 is 0 Å². The Bertz CT molecular complexity index is 32.1. The van der Waals surface area contributed by atoms with Gasteiger partial charge in [-0.3, -0.25) is 0 Å². The number of hydrogen-bond acceptors (Lipinski definition) is 0. The monoisotopic (exact) mass is 263 g/mol. The maximum atomic E-state index is 2.34. The maximum Gasteiger partial charge on any atom is 0 e. The summed E-state index contributed by atoms with van der Waals surface area (Å²) >= 11 is 0. The topological polar surface area (TPSA) is 0 Å². The molecule has 0 aliphatic carbocycles. The Morgan fingerprint density at radius 1 is 1.00 bits per heavy atom. The molecule has 0 aromatic rings. The summed E-state index contributed by atoms with van der Waals surface area (Å²) in [5.74, 6) is 0. The van der Waals surface area contributed by atoms with Gasteiger partial charge < -0.3 is 12.8 Å². The third-order valence-corrected chi connectivity index (χ3v) is 1.05. The van der Waals surface area contributed by atoms with Crippen LogP contribution in [-0.4, -0.2) is 0 Å². The second-order valence-electron chi connectivity index (χ2n) is 2.42. The van der Waals surface area contributed by atoms with Gasteiger partial charge in [-0.1, -0.05) is 41.5 Å². The molecule has 0 heterocycles. The fourth-order valence-corrected chi connectivity index (χ4v) is 0.553. The Morgan fingerprint density at radius 2 is 1.38 bits per heavy atom. The van der Waals surface area contributed by atoms with Gasteiger partial charge in [0.05, 0.1) is 0 Å². The predicted octanol–water partition coefficient (Wildman–Crippen LogP) is 5.29. The summed E-state index contributed by atoms with van der Waals surface area (Å²) < 4.78 is 0. The van der Waals surface area contributed by atoms with E-state index in [0.717, 1.165) is 0 Å². The van der Waals surface area contributed by atoms with Crippen LogP contribution in [0.1, 0.15) is 68.2 Å². The Kier molecular flexibility index (Phi) is 85.5. The fraction of sp³-hybridized carbons (Fsp3) is 0.833. The molecule has 83 valence electrons. The zero-order valence-electron chi connectivity index (χ0n) is 8.56. The minimum atomic E-state index is 0. The number of rotatable bonds is 4. The van der Waals surface area contributed by atoms with Crippen molar-refractivity contribution in [3.63, 3.8) is 0 Å². The van der Waals surface area contributed by atoms with Crippen molar-refractivity contribution in [2.45, 2.75) is 68.2 Å². The Balaban J connectivity index is -0.0000000320. The van der Waals surface area contributed by atoms with Crippen molar-refractivity contribution < 1.29 is 32.7 Å². The van der Waals surface area contributed by atoms with E-state index in [4.69, 9.17) is 0 Å². The molecule has 0 saturated carbocycles. The third kappa shape index (κ3) is 62.0. The molecular weight excluding hydrogens is 233 g/mol. The molecule has 0 fully saturated rings. The van der Waals surface area contributed by atoms with Gasteiger partial charge in [-0.05, 0) is 0 Å². The molecule has 0 aliphatic rings. The van der Waals surface area contributed by atoms with E-state index < -0.39 is 0 Å². The summed E-state index contributed by atoms with van der Waals surface area (Å²) in [5.41, 5.74) is 0. The molecule has 1 heteroatoms. The van der Waals surface area contributed by atoms with Crippen molar-refractivity contribution in [1.82, 2.24) is 0 Å². The van der Waals surface area contributed by atoms with Crippen LogP contribution in [-0.2, 0) is 32.7 Å². The van der Waals surface area contributed by atoms with Crippen LogP contribution in [0.2, 0.25) is 0 Å². The second-order valence-corrected chi connectivity index (χ2v) is 2.42. The smallest absolute Gasteiger partial charge is 0 e. The summed E-state index contributed by atoms with van der Waals surface area (Å²) in [4.78, 5) is 0. The van der Waals surface area contributed by atoms with Gasteiger partial charge in [0, 0.05) is 32.7 Å². The van der Waals surface area contributed by atoms with E-state index in [1.807, 2.05) is 20.3 Å². The molecule has 0 N–H and O–H groups in total. The van der Waals surface area contributed by atoms with Crippen molar-refractivity contribution in [2.24, 2.45) is 0 Å². The molecule has 0 spiro atoms. The van der Waals surface area contributed by atoms with E-state index in [-0.39, 0.29) is 47.6 Å². The van der Waals surface area contributed by atoms with E-state index in [9.17, 15) is 0 Å². The summed E-state index contributed by atoms with van der Waals surface area (Å²) in [7, 11) is 0. The summed E-state index contributed by atoms with van der Waals surface area (Å²) in [6.07, 6.45) is 9.58. The first-order valence-electron chi connectivity index (χ1n) is 4.39. The van der Waals surface area contributed by atoms with Gasteiger partial charge >= 0.3 is 0 Å². The third-order valence-electron chi connectivity index (χ3n) is 1.05. The summed E-state index contributed by atoms with van der Waals surface area (Å²) in [6.45, 7) is 8.42. The van der Waals surface area contributed by atoms with Gasteiger partial charge in [-0.15, -0.1) is 0 Å². The normalized spacial score (nSPS) is 6.46. The molecule has 0 atom stereocenters. The van der Waals surface area contributed by atoms with Crippen LogP contribution >= 0.6 is 0 Å². The predicted molar refractivity (Wildman–Crippen MR) is 63.2 cm³/mol. The van der Waals surface area contributed by atoms with Gasteiger partial charge in [0.2, 0.25) is 0 Å². The zero-order valence-corrected chi connectivity index (χ0v) is 11.4. The van der Waals surface area contributed by atoms with Crippen LogP contribution in [0.4, 0.5) is 0 Å². The van der Waals surface area contributed by atoms with Crippen LogP contribution in [0.15, 0.2) is 0 Å². The van der Waals surface area contributed by atoms with E-state index in [1.54, 1.807) is 0 Å². The molecule has 0 rings (SSSR count). The molecule has 0 amide bonds. The standard InChI is InChI=1S/C7H15.C3H7.2CH4.Y/c1-3-5-7-6-4-2;1-3-2;;;/h5H,3-4,6-7H2,1-2H3;3H,1-2H3;2*1H4;/q2*-1;;;. The maximum absolute atomic E-state index is 2.34. The first-order valence-corrected chi connectivity index (χ1v) is 4.39. The average molecular weight is 263 g/mol. The SMILES string of the molecule is C.C.CC[CH-]CCCC.C[CH-]C.[Y]. The van der Waals surface area contributed by atoms with E-state index in [0.29, 0.717) is 0 Å². The minimum Gasteiger partial charge on any atom is -0.335 e. The van der Waals surface area contributed by atoms with Crippen molar-refractivity contribution in [3.8, 4) is 0 Å². The average Bonchev–Trinajstić information content (AvgIpc) is 1.91. The molecule has 0 saturated heterocycles. The first-order chi connectivity index (χ1) is 4.83. The van der Waals surface area contributed by atoms with Gasteiger partial charge in [-0.25, -0.2) is 0 Å². The largest absolute Gasteiger partial charge is 0.335 e. The van der Waals surface area contributed by atoms with Crippen LogP contribution in [0.25, 0.3) is 0 Å². The van der Waals surface area contributed by atoms with Crippen molar-refractivity contribution in [1.29, 1.82) is 0 Å². The Hall–Kier alpha value is 1.10. The van der Waals surface area contributed by atoms with Gasteiger partial charge in [-0.2, -0.15) is 26.7 Å². The van der Waals surface area contributed by atoms with E-state index >= 15 is 0 Å². The van der Waals surface area contributed by atoms with Crippen molar-refractivity contribution >= 4 is 0 Å². The Labute approximate surface area is 113 Å². The van der Waals surface area contributed by atoms with Crippen molar-refractivity contribution in [3.05, 3.63) is 12.8 Å². The molecule has 13 heavy (non-hydrogen) atoms. The molecule has 0 unspecified atom stereocenters. The molecular formula is C12H30Y-2. The second kappa shape index (κ2) is 38.0. The molecule has 0 nitrogen and oxygen atoms in total. The van der Waals surface area contributed by atoms with Crippen LogP contribution in [0.5, 0.6) is 0 Å². The molecule has 1 radical (unpaired) electrons. The van der Waals surface area contributed by atoms with Crippen molar-refractivity contribution in [2.75, 3.05) is 0 Å². The van der Waals surface area contributed by atoms with Gasteiger partial charge in [0.1, 0.15) is 0 Å². The summed E-state index contributed by atoms with van der Waals surface area (Å²) in [6, 6.07) is 0. The van der Waals surface area contributed by atoms with E-state index in [1.165, 1.54) is 25.7 Å². The van der Waals surface area contributed by atoms with Gasteiger partial charge in [0.25, 0.3) is 0 Å². The first kappa shape index (κ1) is 29.2. The van der Waals surface area contributed by atoms with Crippen LogP contribution in [0, 0.1) is 12.8 Å². The van der Waals surface area contributed by atoms with Crippen LogP contribution in [0.3, 0.4) is 0 Å². The number of unbranched alkanes of at least 4 members (excludes halogenated alkanes) is 4.